The second-order valence-corrected chi connectivity index (χ2v) is 5.62. The summed E-state index contributed by atoms with van der Waals surface area (Å²) in [6, 6.07) is 1.76. The van der Waals surface area contributed by atoms with Crippen LogP contribution in [0.4, 0.5) is 5.82 Å². The molecule has 0 aliphatic carbocycles. The number of hydrogen-bond donors (Lipinski definition) is 2. The van der Waals surface area contributed by atoms with Crippen LogP contribution in [0.5, 0.6) is 0 Å². The number of hydrogen-bond acceptors (Lipinski definition) is 5. The molecule has 0 saturated carbocycles. The first-order chi connectivity index (χ1) is 10.1. The highest BCUT2D eigenvalue weighted by molar-refractivity contribution is 5.76. The monoisotopic (exact) mass is 295 g/mol. The fourth-order valence-electron chi connectivity index (χ4n) is 2.65. The minimum Gasteiger partial charge on any atom is -0.384 e. The van der Waals surface area contributed by atoms with Crippen molar-refractivity contribution in [2.75, 3.05) is 45.6 Å². The number of rotatable bonds is 7. The largest absolute Gasteiger partial charge is 0.384 e. The molecule has 118 valence electrons. The molecule has 1 saturated heterocycles. The van der Waals surface area contributed by atoms with Gasteiger partial charge in [-0.25, -0.2) is 4.68 Å². The van der Waals surface area contributed by atoms with Crippen LogP contribution < -0.4 is 11.1 Å². The number of carbonyl (C=O) groups excluding carboxylic acids is 1. The van der Waals surface area contributed by atoms with Crippen molar-refractivity contribution in [3.8, 4) is 0 Å². The lowest BCUT2D eigenvalue weighted by atomic mass is 10.1. The van der Waals surface area contributed by atoms with Crippen molar-refractivity contribution < 1.29 is 9.53 Å². The lowest BCUT2D eigenvalue weighted by molar-refractivity contribution is -0.122. The van der Waals surface area contributed by atoms with E-state index < -0.39 is 0 Å². The van der Waals surface area contributed by atoms with Crippen LogP contribution in [0.2, 0.25) is 0 Å². The van der Waals surface area contributed by atoms with Gasteiger partial charge in [0.1, 0.15) is 12.4 Å². The van der Waals surface area contributed by atoms with Crippen molar-refractivity contribution >= 4 is 11.7 Å². The van der Waals surface area contributed by atoms with E-state index in [1.165, 1.54) is 4.68 Å². The van der Waals surface area contributed by atoms with E-state index in [0.29, 0.717) is 18.3 Å². The van der Waals surface area contributed by atoms with Crippen LogP contribution in [0, 0.1) is 12.8 Å². The van der Waals surface area contributed by atoms with E-state index in [1.807, 2.05) is 6.92 Å². The third kappa shape index (κ3) is 4.71. The van der Waals surface area contributed by atoms with Gasteiger partial charge in [-0.15, -0.1) is 0 Å². The maximum absolute atomic E-state index is 11.9. The van der Waals surface area contributed by atoms with Crippen LogP contribution >= 0.6 is 0 Å². The van der Waals surface area contributed by atoms with Crippen LogP contribution in [-0.2, 0) is 16.1 Å². The number of amides is 1. The fourth-order valence-corrected chi connectivity index (χ4v) is 2.65. The van der Waals surface area contributed by atoms with Crippen LogP contribution in [-0.4, -0.2) is 60.5 Å². The predicted molar refractivity (Wildman–Crippen MR) is 80.8 cm³/mol. The molecular weight excluding hydrogens is 270 g/mol. The summed E-state index contributed by atoms with van der Waals surface area (Å²) < 4.78 is 6.62. The van der Waals surface area contributed by atoms with E-state index in [0.717, 1.165) is 38.4 Å². The number of anilines is 1. The van der Waals surface area contributed by atoms with E-state index in [9.17, 15) is 4.79 Å². The summed E-state index contributed by atoms with van der Waals surface area (Å²) in [6.45, 7) is 6.57. The number of carbonyl (C=O) groups is 1. The van der Waals surface area contributed by atoms with Gasteiger partial charge in [-0.05, 0) is 25.8 Å². The first-order valence-corrected chi connectivity index (χ1v) is 7.36. The summed E-state index contributed by atoms with van der Waals surface area (Å²) >= 11 is 0. The van der Waals surface area contributed by atoms with Gasteiger partial charge in [0.25, 0.3) is 0 Å². The van der Waals surface area contributed by atoms with Gasteiger partial charge in [-0.1, -0.05) is 0 Å². The Balaban J connectivity index is 1.69. The predicted octanol–water partition coefficient (Wildman–Crippen LogP) is -0.142. The highest BCUT2D eigenvalue weighted by atomic mass is 16.5. The molecule has 1 amide bonds. The Morgan fingerprint density at radius 3 is 3.10 bits per heavy atom. The quantitative estimate of drug-likeness (QED) is 0.731. The van der Waals surface area contributed by atoms with Gasteiger partial charge in [0.05, 0.1) is 12.3 Å². The van der Waals surface area contributed by atoms with E-state index in [4.69, 9.17) is 10.5 Å². The maximum atomic E-state index is 11.9. The molecule has 0 bridgehead atoms. The highest BCUT2D eigenvalue weighted by Gasteiger charge is 2.22. The zero-order valence-corrected chi connectivity index (χ0v) is 12.8. The highest BCUT2D eigenvalue weighted by Crippen LogP contribution is 2.14. The molecule has 2 heterocycles. The third-order valence-corrected chi connectivity index (χ3v) is 3.80. The average Bonchev–Trinajstić information content (AvgIpc) is 3.01. The second kappa shape index (κ2) is 7.42. The molecule has 1 aromatic rings. The molecule has 1 aromatic heterocycles. The van der Waals surface area contributed by atoms with Crippen LogP contribution in [0.15, 0.2) is 6.07 Å². The maximum Gasteiger partial charge on any atom is 0.241 e. The van der Waals surface area contributed by atoms with Gasteiger partial charge in [-0.3, -0.25) is 4.79 Å². The smallest absolute Gasteiger partial charge is 0.241 e. The summed E-state index contributed by atoms with van der Waals surface area (Å²) in [5.41, 5.74) is 6.60. The summed E-state index contributed by atoms with van der Waals surface area (Å²) in [5, 5.41) is 7.16. The summed E-state index contributed by atoms with van der Waals surface area (Å²) in [6.07, 6.45) is 1.12. The van der Waals surface area contributed by atoms with Crippen molar-refractivity contribution in [1.82, 2.24) is 20.0 Å². The minimum absolute atomic E-state index is 0.0415. The van der Waals surface area contributed by atoms with Gasteiger partial charge in [0.2, 0.25) is 5.91 Å². The zero-order valence-electron chi connectivity index (χ0n) is 12.8. The number of aromatic nitrogens is 2. The van der Waals surface area contributed by atoms with Crippen molar-refractivity contribution in [1.29, 1.82) is 0 Å². The lowest BCUT2D eigenvalue weighted by Gasteiger charge is -2.15. The first-order valence-electron chi connectivity index (χ1n) is 7.36. The molecule has 7 heteroatoms. The number of likely N-dealkylation sites (tertiary alicyclic amines) is 1. The molecule has 21 heavy (non-hydrogen) atoms. The molecule has 1 aliphatic rings. The summed E-state index contributed by atoms with van der Waals surface area (Å²) in [5.74, 6) is 0.997. The van der Waals surface area contributed by atoms with Crippen molar-refractivity contribution in [2.45, 2.75) is 19.9 Å². The Morgan fingerprint density at radius 1 is 1.62 bits per heavy atom. The van der Waals surface area contributed by atoms with Crippen molar-refractivity contribution in [3.05, 3.63) is 11.8 Å². The number of methoxy groups -OCH3 is 1. The molecule has 1 atom stereocenters. The fraction of sp³-hybridized carbons (Fsp3) is 0.714. The van der Waals surface area contributed by atoms with Gasteiger partial charge >= 0.3 is 0 Å². The van der Waals surface area contributed by atoms with E-state index in [2.05, 4.69) is 15.3 Å². The molecule has 0 aromatic carbocycles. The van der Waals surface area contributed by atoms with Gasteiger partial charge < -0.3 is 20.7 Å². The zero-order chi connectivity index (χ0) is 15.2. The SMILES string of the molecule is COCCN1CC[C@@H](CNC(=O)Cn2nc(C)cc2N)C1. The number of aryl methyl sites for hydroxylation is 1. The second-order valence-electron chi connectivity index (χ2n) is 5.62. The Labute approximate surface area is 125 Å². The Hall–Kier alpha value is -1.60. The van der Waals surface area contributed by atoms with Crippen LogP contribution in [0.3, 0.4) is 0 Å². The van der Waals surface area contributed by atoms with Crippen LogP contribution in [0.1, 0.15) is 12.1 Å². The third-order valence-electron chi connectivity index (χ3n) is 3.80. The normalized spacial score (nSPS) is 19.0. The molecule has 1 aliphatic heterocycles. The summed E-state index contributed by atoms with van der Waals surface area (Å²) in [7, 11) is 1.72. The number of ether oxygens (including phenoxy) is 1. The number of nitrogens with zero attached hydrogens (tertiary/aromatic N) is 3. The minimum atomic E-state index is -0.0415. The molecule has 7 nitrogen and oxygen atoms in total. The molecule has 0 unspecified atom stereocenters. The molecular formula is C14H25N5O2. The molecule has 0 spiro atoms. The van der Waals surface area contributed by atoms with Gasteiger partial charge in [0.15, 0.2) is 0 Å². The summed E-state index contributed by atoms with van der Waals surface area (Å²) in [4.78, 5) is 14.3. The number of nitrogens with one attached hydrogen (secondary N) is 1. The lowest BCUT2D eigenvalue weighted by Crippen LogP contribution is -2.34. The van der Waals surface area contributed by atoms with Crippen molar-refractivity contribution in [2.24, 2.45) is 5.92 Å². The first kappa shape index (κ1) is 15.8. The Morgan fingerprint density at radius 2 is 2.43 bits per heavy atom. The van der Waals surface area contributed by atoms with Gasteiger partial charge in [0, 0.05) is 32.8 Å². The van der Waals surface area contributed by atoms with Crippen molar-refractivity contribution in [3.63, 3.8) is 0 Å². The Bertz CT molecular complexity index is 474. The van der Waals surface area contributed by atoms with Gasteiger partial charge in [-0.2, -0.15) is 5.10 Å². The average molecular weight is 295 g/mol. The van der Waals surface area contributed by atoms with E-state index in [1.54, 1.807) is 13.2 Å². The number of nitrogen functional groups attached to an aromatic ring is 1. The standard InChI is InChI=1S/C14H25N5O2/c1-11-7-13(15)19(17-11)10-14(20)16-8-12-3-4-18(9-12)5-6-21-2/h7,12H,3-6,8-10,15H2,1-2H3,(H,16,20)/t12-/m0/s1. The van der Waals surface area contributed by atoms with E-state index in [-0.39, 0.29) is 12.5 Å². The molecule has 0 radical (unpaired) electrons. The molecule has 3 N–H and O–H groups in total. The topological polar surface area (TPSA) is 85.4 Å². The number of nitrogens with two attached hydrogens (primary N) is 1. The van der Waals surface area contributed by atoms with E-state index >= 15 is 0 Å². The molecule has 2 rings (SSSR count). The van der Waals surface area contributed by atoms with Crippen LogP contribution in [0.25, 0.3) is 0 Å². The Kier molecular flexibility index (Phi) is 5.58. The molecule has 1 fully saturated rings.